The first kappa shape index (κ1) is 17.2. The number of hydrogen-bond donors (Lipinski definition) is 6. The van der Waals surface area contributed by atoms with Crippen LogP contribution in [0.4, 0.5) is 0 Å². The van der Waals surface area contributed by atoms with Crippen molar-refractivity contribution in [3.63, 3.8) is 0 Å². The van der Waals surface area contributed by atoms with E-state index in [4.69, 9.17) is 31.1 Å². The second kappa shape index (κ2) is 6.70. The van der Waals surface area contributed by atoms with E-state index in [9.17, 15) is 14.2 Å². The van der Waals surface area contributed by atoms with Gasteiger partial charge in [-0.2, -0.15) is 0 Å². The second-order valence-electron chi connectivity index (χ2n) is 3.80. The van der Waals surface area contributed by atoms with Gasteiger partial charge in [0.25, 0.3) is 0 Å². The molecule has 1 fully saturated rings. The van der Waals surface area contributed by atoms with Crippen molar-refractivity contribution in [2.75, 3.05) is 6.61 Å². The van der Waals surface area contributed by atoms with Crippen LogP contribution in [0.25, 0.3) is 0 Å². The third-order valence-corrected chi connectivity index (χ3v) is 4.47. The number of aliphatic hydroxyl groups excluding tert-OH is 2. The number of nitrogens with two attached hydrogens (primary N) is 2. The van der Waals surface area contributed by atoms with Crippen LogP contribution in [0.2, 0.25) is 0 Å². The van der Waals surface area contributed by atoms with Crippen molar-refractivity contribution in [3.8, 4) is 0 Å². The summed E-state index contributed by atoms with van der Waals surface area (Å²) in [4.78, 5) is 17.5. The van der Waals surface area contributed by atoms with Crippen LogP contribution >= 0.6 is 16.1 Å². The van der Waals surface area contributed by atoms with E-state index < -0.39 is 53.3 Å². The predicted octanol–water partition coefficient (Wildman–Crippen LogP) is -2.77. The van der Waals surface area contributed by atoms with Gasteiger partial charge in [-0.3, -0.25) is 9.09 Å². The van der Waals surface area contributed by atoms with Crippen molar-refractivity contribution in [2.45, 2.75) is 30.6 Å². The van der Waals surface area contributed by atoms with Crippen molar-refractivity contribution in [3.05, 3.63) is 0 Å². The third-order valence-electron chi connectivity index (χ3n) is 2.45. The largest absolute Gasteiger partial charge is 0.481 e. The molecular formula is C6H16N2O9P2. The summed E-state index contributed by atoms with van der Waals surface area (Å²) in [5, 5.41) is 18.6. The average molecular weight is 322 g/mol. The van der Waals surface area contributed by atoms with Crippen LogP contribution in [0.15, 0.2) is 0 Å². The minimum absolute atomic E-state index is 0.585. The summed E-state index contributed by atoms with van der Waals surface area (Å²) in [6.07, 6.45) is -4.09. The van der Waals surface area contributed by atoms with E-state index in [1.807, 2.05) is 0 Å². The zero-order chi connectivity index (χ0) is 14.8. The van der Waals surface area contributed by atoms with Gasteiger partial charge in [-0.25, -0.2) is 8.88 Å². The van der Waals surface area contributed by atoms with Crippen molar-refractivity contribution in [1.29, 1.82) is 0 Å². The zero-order valence-corrected chi connectivity index (χ0v) is 11.4. The molecule has 1 aliphatic heterocycles. The van der Waals surface area contributed by atoms with E-state index in [1.54, 1.807) is 0 Å². The molecule has 1 rings (SSSR count). The van der Waals surface area contributed by atoms with Gasteiger partial charge < -0.3 is 36.2 Å². The van der Waals surface area contributed by atoms with Crippen LogP contribution in [0.1, 0.15) is 0 Å². The summed E-state index contributed by atoms with van der Waals surface area (Å²) in [5.41, 5.74) is 11.0. The van der Waals surface area contributed by atoms with Crippen LogP contribution in [-0.2, 0) is 22.7 Å². The van der Waals surface area contributed by atoms with Crippen molar-refractivity contribution in [2.24, 2.45) is 11.5 Å². The van der Waals surface area contributed by atoms with E-state index in [2.05, 4.69) is 8.83 Å². The van der Waals surface area contributed by atoms with Gasteiger partial charge in [0, 0.05) is 0 Å². The first-order valence-corrected chi connectivity index (χ1v) is 7.83. The lowest BCUT2D eigenvalue weighted by molar-refractivity contribution is -0.208. The quantitative estimate of drug-likeness (QED) is 0.287. The van der Waals surface area contributed by atoms with Gasteiger partial charge >= 0.3 is 16.1 Å². The van der Waals surface area contributed by atoms with E-state index in [-0.39, 0.29) is 0 Å². The Labute approximate surface area is 108 Å². The third kappa shape index (κ3) is 4.55. The molecule has 1 heterocycles. The van der Waals surface area contributed by atoms with Crippen LogP contribution in [0.3, 0.4) is 0 Å². The number of phosphoric acid groups is 1. The van der Waals surface area contributed by atoms with E-state index in [1.165, 1.54) is 0 Å². The smallest absolute Gasteiger partial charge is 0.394 e. The Balaban J connectivity index is 2.77. The summed E-state index contributed by atoms with van der Waals surface area (Å²) < 4.78 is 34.8. The molecule has 5 unspecified atom stereocenters. The Morgan fingerprint density at radius 1 is 1.37 bits per heavy atom. The monoisotopic (exact) mass is 322 g/mol. The number of phosphoric ester groups is 1. The highest BCUT2D eigenvalue weighted by molar-refractivity contribution is 7.55. The first-order valence-electron chi connectivity index (χ1n) is 5.07. The van der Waals surface area contributed by atoms with Crippen LogP contribution < -0.4 is 11.5 Å². The molecule has 0 spiro atoms. The molecule has 0 aliphatic carbocycles. The maximum absolute atomic E-state index is 11.3. The molecule has 13 heteroatoms. The molecule has 0 aromatic heterocycles. The highest BCUT2D eigenvalue weighted by atomic mass is 31.2. The number of aliphatic hydroxyl groups is 2. The molecule has 0 amide bonds. The van der Waals surface area contributed by atoms with Crippen LogP contribution in [0.5, 0.6) is 0 Å². The van der Waals surface area contributed by atoms with Gasteiger partial charge in [0.05, 0.1) is 24.8 Å². The van der Waals surface area contributed by atoms with E-state index in [0.717, 1.165) is 0 Å². The Bertz CT molecular complexity index is 380. The zero-order valence-electron chi connectivity index (χ0n) is 9.53. The summed E-state index contributed by atoms with van der Waals surface area (Å²) in [6.45, 7) is -0.585. The Morgan fingerprint density at radius 3 is 2.42 bits per heavy atom. The first-order chi connectivity index (χ1) is 8.68. The highest BCUT2D eigenvalue weighted by Crippen LogP contribution is 2.52. The molecule has 0 aromatic carbocycles. The molecule has 8 N–H and O–H groups in total. The summed E-state index contributed by atoms with van der Waals surface area (Å²) >= 11 is 0. The minimum Gasteiger partial charge on any atom is -0.394 e. The van der Waals surface area contributed by atoms with Crippen molar-refractivity contribution >= 4 is 16.1 Å². The topological polar surface area (TPSA) is 195 Å². The molecule has 114 valence electrons. The van der Waals surface area contributed by atoms with Crippen molar-refractivity contribution in [1.82, 2.24) is 0 Å². The Kier molecular flexibility index (Phi) is 6.05. The molecule has 0 aromatic rings. The molecule has 1 aliphatic rings. The molecule has 11 nitrogen and oxygen atoms in total. The predicted molar refractivity (Wildman–Crippen MR) is 60.9 cm³/mol. The van der Waals surface area contributed by atoms with Gasteiger partial charge in [-0.1, -0.05) is 0 Å². The molecule has 7 atom stereocenters. The molecule has 1 saturated heterocycles. The summed E-state index contributed by atoms with van der Waals surface area (Å²) in [7, 11) is -8.62. The molecule has 0 bridgehead atoms. The fraction of sp³-hybridized carbons (Fsp3) is 1.00. The standard InChI is InChI=1S/C6H16N2O9P2/c7-3-2(1-9)15-6(4(8)5(3)10)16-19(13,14)17-18(11)12/h2-6,9-10,18H,1,7-8H2,(H,11,12)(H,13,14)/t2?,3-,4?,5?,6-/m1/s1. The fourth-order valence-electron chi connectivity index (χ4n) is 1.50. The number of ether oxygens (including phenoxy) is 1. The second-order valence-corrected chi connectivity index (χ2v) is 6.21. The number of hydrogen-bond acceptors (Lipinski definition) is 9. The lowest BCUT2D eigenvalue weighted by Gasteiger charge is -2.40. The van der Waals surface area contributed by atoms with Gasteiger partial charge in [0.15, 0.2) is 6.29 Å². The van der Waals surface area contributed by atoms with E-state index >= 15 is 0 Å². The van der Waals surface area contributed by atoms with E-state index in [0.29, 0.717) is 0 Å². The molecule has 19 heavy (non-hydrogen) atoms. The van der Waals surface area contributed by atoms with Crippen molar-refractivity contribution < 1.29 is 42.7 Å². The Morgan fingerprint density at radius 2 is 1.95 bits per heavy atom. The SMILES string of the molecule is NC1C(O)[C@H](N)C(CO)O[C@@H]1OP(=O)(O)O[PH](=O)O. The molecule has 0 saturated carbocycles. The summed E-state index contributed by atoms with van der Waals surface area (Å²) in [5.74, 6) is 0. The van der Waals surface area contributed by atoms with Gasteiger partial charge in [-0.05, 0) is 0 Å². The fourth-order valence-corrected chi connectivity index (χ4v) is 2.92. The van der Waals surface area contributed by atoms with Gasteiger partial charge in [0.1, 0.15) is 6.10 Å². The van der Waals surface area contributed by atoms with Gasteiger partial charge in [0.2, 0.25) is 0 Å². The molecule has 0 radical (unpaired) electrons. The average Bonchev–Trinajstić information content (AvgIpc) is 2.28. The Hall–Kier alpha value is 0.1000. The maximum Gasteiger partial charge on any atom is 0.481 e. The van der Waals surface area contributed by atoms with Crippen LogP contribution in [-0.4, -0.2) is 57.2 Å². The van der Waals surface area contributed by atoms with Gasteiger partial charge in [-0.15, -0.1) is 0 Å². The maximum atomic E-state index is 11.3. The van der Waals surface area contributed by atoms with Crippen LogP contribution in [0, 0.1) is 0 Å². The highest BCUT2D eigenvalue weighted by Gasteiger charge is 2.45. The lowest BCUT2D eigenvalue weighted by atomic mass is 9.96. The number of rotatable bonds is 5. The molecular weight excluding hydrogens is 306 g/mol. The summed E-state index contributed by atoms with van der Waals surface area (Å²) in [6, 6.07) is -2.32. The lowest BCUT2D eigenvalue weighted by Crippen LogP contribution is -2.65. The normalized spacial score (nSPS) is 40.6. The minimum atomic E-state index is -4.89.